The van der Waals surface area contributed by atoms with E-state index in [0.29, 0.717) is 6.04 Å². The van der Waals surface area contributed by atoms with E-state index in [-0.39, 0.29) is 6.61 Å². The number of benzene rings is 1. The summed E-state index contributed by atoms with van der Waals surface area (Å²) in [5.74, 6) is 1.84. The molecule has 16 heavy (non-hydrogen) atoms. The summed E-state index contributed by atoms with van der Waals surface area (Å²) in [5, 5.41) is 12.7. The van der Waals surface area contributed by atoms with Crippen molar-refractivity contribution in [1.82, 2.24) is 0 Å². The lowest BCUT2D eigenvalue weighted by molar-refractivity contribution is 0.282. The highest BCUT2D eigenvalue weighted by atomic mass is 16.3. The minimum atomic E-state index is 0.134. The van der Waals surface area contributed by atoms with Crippen molar-refractivity contribution in [3.63, 3.8) is 0 Å². The van der Waals surface area contributed by atoms with Crippen molar-refractivity contribution in [2.24, 2.45) is 11.8 Å². The highest BCUT2D eigenvalue weighted by Crippen LogP contribution is 2.45. The second-order valence-electron chi connectivity index (χ2n) is 5.20. The van der Waals surface area contributed by atoms with Crippen LogP contribution in [0.25, 0.3) is 0 Å². The number of hydrogen-bond donors (Lipinski definition) is 2. The normalized spacial score (nSPS) is 20.1. The zero-order valence-electron chi connectivity index (χ0n) is 9.52. The molecule has 2 N–H and O–H groups in total. The summed E-state index contributed by atoms with van der Waals surface area (Å²) in [5.41, 5.74) is 2.20. The molecule has 0 radical (unpaired) electrons. The molecule has 1 aromatic carbocycles. The van der Waals surface area contributed by atoms with Gasteiger partial charge < -0.3 is 10.4 Å². The van der Waals surface area contributed by atoms with Crippen LogP contribution in [-0.4, -0.2) is 11.1 Å². The van der Waals surface area contributed by atoms with E-state index in [1.165, 1.54) is 31.4 Å². The predicted octanol–water partition coefficient (Wildman–Crippen LogP) is 2.78. The summed E-state index contributed by atoms with van der Waals surface area (Å²) in [6.07, 6.45) is 5.62. The van der Waals surface area contributed by atoms with Gasteiger partial charge in [0.2, 0.25) is 0 Å². The molecule has 2 fully saturated rings. The molecule has 0 unspecified atom stereocenters. The number of anilines is 1. The van der Waals surface area contributed by atoms with Crippen LogP contribution in [0.2, 0.25) is 0 Å². The van der Waals surface area contributed by atoms with Crippen molar-refractivity contribution in [3.8, 4) is 0 Å². The molecule has 2 nitrogen and oxygen atoms in total. The van der Waals surface area contributed by atoms with Crippen LogP contribution in [0.5, 0.6) is 0 Å². The molecule has 2 heteroatoms. The maximum atomic E-state index is 8.99. The first-order valence-electron chi connectivity index (χ1n) is 6.33. The fourth-order valence-electron chi connectivity index (χ4n) is 2.43. The van der Waals surface area contributed by atoms with Crippen LogP contribution < -0.4 is 5.32 Å². The first-order chi connectivity index (χ1) is 7.86. The molecule has 86 valence electrons. The number of nitrogens with one attached hydrogen (secondary N) is 1. The SMILES string of the molecule is OCc1ccc(NC(C2CC2)C2CC2)cc1. The van der Waals surface area contributed by atoms with Gasteiger partial charge in [-0.15, -0.1) is 0 Å². The van der Waals surface area contributed by atoms with Gasteiger partial charge in [-0.05, 0) is 55.2 Å². The number of aliphatic hydroxyl groups excluding tert-OH is 1. The largest absolute Gasteiger partial charge is 0.392 e. The Labute approximate surface area is 96.7 Å². The Morgan fingerprint density at radius 2 is 1.62 bits per heavy atom. The fraction of sp³-hybridized carbons (Fsp3) is 0.571. The maximum Gasteiger partial charge on any atom is 0.0681 e. The van der Waals surface area contributed by atoms with Gasteiger partial charge in [0, 0.05) is 11.7 Å². The van der Waals surface area contributed by atoms with Gasteiger partial charge in [-0.25, -0.2) is 0 Å². The topological polar surface area (TPSA) is 32.3 Å². The standard InChI is InChI=1S/C14H19NO/c16-9-10-1-7-13(8-2-10)15-14(11-3-4-11)12-5-6-12/h1-2,7-8,11-12,14-16H,3-6,9H2. The number of hydrogen-bond acceptors (Lipinski definition) is 2. The van der Waals surface area contributed by atoms with E-state index < -0.39 is 0 Å². The van der Waals surface area contributed by atoms with Crippen molar-refractivity contribution >= 4 is 5.69 Å². The quantitative estimate of drug-likeness (QED) is 0.795. The molecule has 0 spiro atoms. The second-order valence-corrected chi connectivity index (χ2v) is 5.20. The van der Waals surface area contributed by atoms with E-state index in [1.807, 2.05) is 12.1 Å². The lowest BCUT2D eigenvalue weighted by Gasteiger charge is -2.19. The Balaban J connectivity index is 1.66. The summed E-state index contributed by atoms with van der Waals surface area (Å²) >= 11 is 0. The van der Waals surface area contributed by atoms with Crippen LogP contribution in [0, 0.1) is 11.8 Å². The molecule has 0 atom stereocenters. The second kappa shape index (κ2) is 4.10. The minimum absolute atomic E-state index is 0.134. The van der Waals surface area contributed by atoms with Crippen LogP contribution in [-0.2, 0) is 6.61 Å². The average molecular weight is 217 g/mol. The van der Waals surface area contributed by atoms with Crippen molar-refractivity contribution in [2.45, 2.75) is 38.3 Å². The zero-order chi connectivity index (χ0) is 11.0. The van der Waals surface area contributed by atoms with Crippen LogP contribution in [0.4, 0.5) is 5.69 Å². The molecular weight excluding hydrogens is 198 g/mol. The summed E-state index contributed by atoms with van der Waals surface area (Å²) < 4.78 is 0. The Morgan fingerprint density at radius 3 is 2.06 bits per heavy atom. The number of rotatable bonds is 5. The lowest BCUT2D eigenvalue weighted by Crippen LogP contribution is -2.24. The van der Waals surface area contributed by atoms with E-state index in [9.17, 15) is 0 Å². The predicted molar refractivity (Wildman–Crippen MR) is 65.2 cm³/mol. The van der Waals surface area contributed by atoms with E-state index in [1.54, 1.807) is 0 Å². The molecule has 0 heterocycles. The average Bonchev–Trinajstić information content (AvgIpc) is 3.19. The van der Waals surface area contributed by atoms with Crippen LogP contribution in [0.15, 0.2) is 24.3 Å². The molecule has 1 aromatic rings. The molecule has 0 amide bonds. The Bertz CT molecular complexity index is 340. The molecule has 2 aliphatic carbocycles. The van der Waals surface area contributed by atoms with Gasteiger partial charge in [0.1, 0.15) is 0 Å². The summed E-state index contributed by atoms with van der Waals surface area (Å²) in [4.78, 5) is 0. The van der Waals surface area contributed by atoms with Crippen LogP contribution >= 0.6 is 0 Å². The summed E-state index contributed by atoms with van der Waals surface area (Å²) in [7, 11) is 0. The van der Waals surface area contributed by atoms with Crippen molar-refractivity contribution < 1.29 is 5.11 Å². The van der Waals surface area contributed by atoms with E-state index in [2.05, 4.69) is 17.4 Å². The Kier molecular flexibility index (Phi) is 2.60. The summed E-state index contributed by atoms with van der Waals surface area (Å²) in [6, 6.07) is 8.88. The molecule has 2 aliphatic rings. The van der Waals surface area contributed by atoms with Gasteiger partial charge in [0.05, 0.1) is 6.61 Å². The first kappa shape index (κ1) is 10.2. The first-order valence-corrected chi connectivity index (χ1v) is 6.33. The van der Waals surface area contributed by atoms with Crippen molar-refractivity contribution in [2.75, 3.05) is 5.32 Å². The highest BCUT2D eigenvalue weighted by Gasteiger charge is 2.41. The molecular formula is C14H19NO. The lowest BCUT2D eigenvalue weighted by atomic mass is 10.1. The van der Waals surface area contributed by atoms with Gasteiger partial charge in [-0.2, -0.15) is 0 Å². The van der Waals surface area contributed by atoms with Gasteiger partial charge in [-0.3, -0.25) is 0 Å². The molecule has 2 saturated carbocycles. The number of aliphatic hydroxyl groups is 1. The van der Waals surface area contributed by atoms with Crippen molar-refractivity contribution in [3.05, 3.63) is 29.8 Å². The Morgan fingerprint density at radius 1 is 1.06 bits per heavy atom. The fourth-order valence-corrected chi connectivity index (χ4v) is 2.43. The zero-order valence-corrected chi connectivity index (χ0v) is 9.52. The minimum Gasteiger partial charge on any atom is -0.392 e. The maximum absolute atomic E-state index is 8.99. The highest BCUT2D eigenvalue weighted by molar-refractivity contribution is 5.46. The third kappa shape index (κ3) is 2.22. The van der Waals surface area contributed by atoms with Crippen LogP contribution in [0.1, 0.15) is 31.2 Å². The molecule has 0 aromatic heterocycles. The molecule has 0 saturated heterocycles. The van der Waals surface area contributed by atoms with Gasteiger partial charge >= 0.3 is 0 Å². The van der Waals surface area contributed by atoms with Crippen LogP contribution in [0.3, 0.4) is 0 Å². The van der Waals surface area contributed by atoms with Gasteiger partial charge in [0.15, 0.2) is 0 Å². The monoisotopic (exact) mass is 217 g/mol. The molecule has 0 aliphatic heterocycles. The van der Waals surface area contributed by atoms with Gasteiger partial charge in [-0.1, -0.05) is 12.1 Å². The van der Waals surface area contributed by atoms with E-state index >= 15 is 0 Å². The smallest absolute Gasteiger partial charge is 0.0681 e. The Hall–Kier alpha value is -1.02. The van der Waals surface area contributed by atoms with E-state index in [0.717, 1.165) is 17.4 Å². The van der Waals surface area contributed by atoms with Gasteiger partial charge in [0.25, 0.3) is 0 Å². The molecule has 3 rings (SSSR count). The third-order valence-electron chi connectivity index (χ3n) is 3.73. The third-order valence-corrected chi connectivity index (χ3v) is 3.73. The summed E-state index contributed by atoms with van der Waals surface area (Å²) in [6.45, 7) is 0.134. The van der Waals surface area contributed by atoms with Crippen molar-refractivity contribution in [1.29, 1.82) is 0 Å². The van der Waals surface area contributed by atoms with E-state index in [4.69, 9.17) is 5.11 Å². The molecule has 0 bridgehead atoms.